The molecule has 2 fully saturated rings. The minimum absolute atomic E-state index is 0.0788. The molecule has 0 aliphatic heterocycles. The average molecular weight is 559 g/mol. The molecule has 0 spiro atoms. The van der Waals surface area contributed by atoms with Crippen LogP contribution in [0.5, 0.6) is 0 Å². The van der Waals surface area contributed by atoms with Crippen molar-refractivity contribution in [3.63, 3.8) is 0 Å². The Hall–Kier alpha value is -2.41. The maximum Gasteiger partial charge on any atom is 0.240 e. The van der Waals surface area contributed by atoms with Crippen LogP contribution >= 0.6 is 0 Å². The van der Waals surface area contributed by atoms with Crippen LogP contribution in [0.4, 0.5) is 4.39 Å². The Morgan fingerprint density at radius 3 is 2.35 bits per heavy atom. The molecule has 1 aromatic rings. The van der Waals surface area contributed by atoms with Crippen LogP contribution in [0.3, 0.4) is 0 Å². The third-order valence-corrected chi connectivity index (χ3v) is 7.29. The number of hydrogen-bond acceptors (Lipinski definition) is 4. The Bertz CT molecular complexity index is 938. The molecular formula is C33H55FN4O2. The van der Waals surface area contributed by atoms with Crippen LogP contribution in [0.1, 0.15) is 103 Å². The van der Waals surface area contributed by atoms with Crippen LogP contribution in [0, 0.1) is 17.7 Å². The van der Waals surface area contributed by atoms with Gasteiger partial charge >= 0.3 is 0 Å². The zero-order valence-corrected chi connectivity index (χ0v) is 26.0. The standard InChI is InChI=1S/C29H45FN4O2.C4H10/c1-4-9-24(20-34(3)29(36)28(23-15-16-23)32-17-5-2)33-19-26(35)31-18-8-13-22-12-7-14-25(30)27(22)21-10-6-11-21;1-4(2)3/h7,9,12,14,21,23,28,32-33H,4-6,8,10-11,13,15-20H2,1-3H3,(H,31,35);4H,1-3H3/b24-9+;. The van der Waals surface area contributed by atoms with Crippen molar-refractivity contribution < 1.29 is 14.0 Å². The first kappa shape index (κ1) is 33.8. The van der Waals surface area contributed by atoms with Gasteiger partial charge in [-0.3, -0.25) is 9.59 Å². The Morgan fingerprint density at radius 1 is 1.07 bits per heavy atom. The first-order valence-electron chi connectivity index (χ1n) is 15.6. The van der Waals surface area contributed by atoms with Gasteiger partial charge in [-0.25, -0.2) is 4.39 Å². The molecule has 226 valence electrons. The van der Waals surface area contributed by atoms with Gasteiger partial charge in [-0.2, -0.15) is 0 Å². The number of likely N-dealkylation sites (N-methyl/N-ethyl adjacent to an activating group) is 1. The third kappa shape index (κ3) is 12.0. The lowest BCUT2D eigenvalue weighted by Crippen LogP contribution is -2.48. The second kappa shape index (κ2) is 18.1. The van der Waals surface area contributed by atoms with Crippen LogP contribution in [0.15, 0.2) is 30.0 Å². The molecule has 1 unspecified atom stereocenters. The van der Waals surface area contributed by atoms with Crippen molar-refractivity contribution in [2.24, 2.45) is 11.8 Å². The minimum atomic E-state index is -0.107. The molecule has 1 aromatic carbocycles. The van der Waals surface area contributed by atoms with Crippen molar-refractivity contribution >= 4 is 11.8 Å². The highest BCUT2D eigenvalue weighted by atomic mass is 19.1. The second-order valence-electron chi connectivity index (χ2n) is 12.1. The quantitative estimate of drug-likeness (QED) is 0.220. The van der Waals surface area contributed by atoms with Crippen LogP contribution < -0.4 is 16.0 Å². The van der Waals surface area contributed by atoms with Crippen LogP contribution in [-0.2, 0) is 16.0 Å². The molecule has 3 N–H and O–H groups in total. The zero-order chi connectivity index (χ0) is 29.5. The van der Waals surface area contributed by atoms with Gasteiger partial charge in [0, 0.05) is 19.3 Å². The van der Waals surface area contributed by atoms with E-state index < -0.39 is 0 Å². The summed E-state index contributed by atoms with van der Waals surface area (Å²) < 4.78 is 14.4. The van der Waals surface area contributed by atoms with E-state index in [4.69, 9.17) is 0 Å². The van der Waals surface area contributed by atoms with Gasteiger partial charge in [-0.05, 0) is 92.9 Å². The molecule has 0 heterocycles. The number of nitrogens with one attached hydrogen (secondary N) is 3. The van der Waals surface area contributed by atoms with Crippen molar-refractivity contribution in [1.82, 2.24) is 20.9 Å². The monoisotopic (exact) mass is 558 g/mol. The Kier molecular flexibility index (Phi) is 15.3. The molecule has 6 nitrogen and oxygen atoms in total. The smallest absolute Gasteiger partial charge is 0.240 e. The lowest BCUT2D eigenvalue weighted by atomic mass is 9.77. The van der Waals surface area contributed by atoms with E-state index in [1.54, 1.807) is 17.0 Å². The summed E-state index contributed by atoms with van der Waals surface area (Å²) in [5.74, 6) is 1.59. The summed E-state index contributed by atoms with van der Waals surface area (Å²) in [4.78, 5) is 27.2. The minimum Gasteiger partial charge on any atom is -0.378 e. The zero-order valence-electron chi connectivity index (χ0n) is 26.0. The third-order valence-electron chi connectivity index (χ3n) is 7.29. The molecule has 0 saturated heterocycles. The molecular weight excluding hydrogens is 503 g/mol. The van der Waals surface area contributed by atoms with Crippen molar-refractivity contribution in [2.45, 2.75) is 104 Å². The average Bonchev–Trinajstić information content (AvgIpc) is 3.71. The molecule has 40 heavy (non-hydrogen) atoms. The summed E-state index contributed by atoms with van der Waals surface area (Å²) in [6, 6.07) is 5.26. The fourth-order valence-corrected chi connectivity index (χ4v) is 4.91. The van der Waals surface area contributed by atoms with E-state index in [2.05, 4.69) is 43.6 Å². The molecule has 1 atom stereocenters. The highest BCUT2D eigenvalue weighted by Crippen LogP contribution is 2.39. The lowest BCUT2D eigenvalue weighted by Gasteiger charge is -2.28. The van der Waals surface area contributed by atoms with Gasteiger partial charge in [0.1, 0.15) is 5.82 Å². The van der Waals surface area contributed by atoms with E-state index in [0.717, 1.165) is 80.7 Å². The lowest BCUT2D eigenvalue weighted by molar-refractivity contribution is -0.132. The van der Waals surface area contributed by atoms with Gasteiger partial charge in [0.25, 0.3) is 0 Å². The summed E-state index contributed by atoms with van der Waals surface area (Å²) in [7, 11) is 1.83. The molecule has 0 bridgehead atoms. The maximum atomic E-state index is 14.4. The summed E-state index contributed by atoms with van der Waals surface area (Å²) >= 11 is 0. The highest BCUT2D eigenvalue weighted by Gasteiger charge is 2.37. The summed E-state index contributed by atoms with van der Waals surface area (Å²) in [5, 5.41) is 9.60. The number of rotatable bonds is 16. The number of amides is 2. The molecule has 2 saturated carbocycles. The summed E-state index contributed by atoms with van der Waals surface area (Å²) in [6.07, 6.45) is 10.9. The van der Waals surface area contributed by atoms with E-state index in [0.29, 0.717) is 24.9 Å². The number of halogens is 1. The maximum absolute atomic E-state index is 14.4. The van der Waals surface area contributed by atoms with Gasteiger partial charge in [0.15, 0.2) is 0 Å². The van der Waals surface area contributed by atoms with E-state index >= 15 is 0 Å². The molecule has 0 aromatic heterocycles. The number of benzene rings is 1. The van der Waals surface area contributed by atoms with Gasteiger partial charge in [-0.15, -0.1) is 0 Å². The van der Waals surface area contributed by atoms with E-state index in [1.807, 2.05) is 26.1 Å². The molecule has 0 radical (unpaired) electrons. The van der Waals surface area contributed by atoms with Crippen LogP contribution in [-0.4, -0.2) is 56.0 Å². The van der Waals surface area contributed by atoms with Crippen molar-refractivity contribution in [2.75, 3.05) is 33.2 Å². The Balaban J connectivity index is 0.00000131. The largest absolute Gasteiger partial charge is 0.378 e. The van der Waals surface area contributed by atoms with Crippen LogP contribution in [0.25, 0.3) is 0 Å². The predicted molar refractivity (Wildman–Crippen MR) is 164 cm³/mol. The molecule has 7 heteroatoms. The number of hydrogen-bond donors (Lipinski definition) is 3. The van der Waals surface area contributed by atoms with Crippen LogP contribution in [0.2, 0.25) is 0 Å². The van der Waals surface area contributed by atoms with Crippen molar-refractivity contribution in [3.05, 3.63) is 46.9 Å². The first-order valence-corrected chi connectivity index (χ1v) is 15.6. The van der Waals surface area contributed by atoms with E-state index in [-0.39, 0.29) is 30.2 Å². The van der Waals surface area contributed by atoms with Crippen molar-refractivity contribution in [1.29, 1.82) is 0 Å². The molecule has 2 aliphatic rings. The Morgan fingerprint density at radius 2 is 1.77 bits per heavy atom. The number of aryl methyl sites for hydroxylation is 1. The normalized spacial score (nSPS) is 16.1. The van der Waals surface area contributed by atoms with Gasteiger partial charge in [-0.1, -0.05) is 59.2 Å². The van der Waals surface area contributed by atoms with Gasteiger partial charge in [0.05, 0.1) is 19.1 Å². The summed E-state index contributed by atoms with van der Waals surface area (Å²) in [5.41, 5.74) is 2.85. The van der Waals surface area contributed by atoms with Gasteiger partial charge < -0.3 is 20.9 Å². The number of nitrogens with zero attached hydrogens (tertiary/aromatic N) is 1. The van der Waals surface area contributed by atoms with Crippen molar-refractivity contribution in [3.8, 4) is 0 Å². The molecule has 2 amide bonds. The molecule has 2 aliphatic carbocycles. The summed E-state index contributed by atoms with van der Waals surface area (Å²) in [6.45, 7) is 12.7. The van der Waals surface area contributed by atoms with E-state index in [9.17, 15) is 14.0 Å². The Labute approximate surface area is 242 Å². The molecule has 3 rings (SSSR count). The van der Waals surface area contributed by atoms with E-state index in [1.165, 1.54) is 6.42 Å². The predicted octanol–water partition coefficient (Wildman–Crippen LogP) is 5.92. The SMILES string of the molecule is CC(C)C.CC/C=C(\CN(C)C(=O)C(NCCC)C1CC1)NCC(=O)NCCCc1cccc(F)c1C1CCC1. The number of carbonyl (C=O) groups is 2. The van der Waals surface area contributed by atoms with Gasteiger partial charge in [0.2, 0.25) is 11.8 Å². The fraction of sp³-hybridized carbons (Fsp3) is 0.697. The number of allylic oxidation sites excluding steroid dienone is 1. The topological polar surface area (TPSA) is 73.5 Å². The first-order chi connectivity index (χ1) is 19.2. The second-order valence-corrected chi connectivity index (χ2v) is 12.1. The number of carbonyl (C=O) groups excluding carboxylic acids is 2. The fourth-order valence-electron chi connectivity index (χ4n) is 4.91. The highest BCUT2D eigenvalue weighted by molar-refractivity contribution is 5.82.